The number of hydrogen-bond acceptors (Lipinski definition) is 5. The number of aromatic nitrogens is 3. The number of piperidine rings is 1. The molecule has 6 heteroatoms. The molecule has 3 atom stereocenters. The zero-order chi connectivity index (χ0) is 20.3. The van der Waals surface area contributed by atoms with Crippen LogP contribution in [0.4, 0.5) is 0 Å². The first kappa shape index (κ1) is 19.9. The second kappa shape index (κ2) is 9.00. The second-order valence-corrected chi connectivity index (χ2v) is 8.60. The van der Waals surface area contributed by atoms with E-state index in [0.29, 0.717) is 31.3 Å². The van der Waals surface area contributed by atoms with Crippen molar-refractivity contribution < 1.29 is 9.47 Å². The molecule has 1 aliphatic heterocycles. The molecule has 30 heavy (non-hydrogen) atoms. The Morgan fingerprint density at radius 3 is 3.13 bits per heavy atom. The fourth-order valence-corrected chi connectivity index (χ4v) is 5.27. The van der Waals surface area contributed by atoms with Crippen LogP contribution in [0, 0.1) is 6.42 Å². The molecule has 1 saturated heterocycles. The number of H-pyrrole nitrogens is 1. The summed E-state index contributed by atoms with van der Waals surface area (Å²) < 4.78 is 11.2. The van der Waals surface area contributed by atoms with Crippen LogP contribution in [-0.2, 0) is 9.47 Å². The maximum Gasteiger partial charge on any atom is 0.138 e. The normalized spacial score (nSPS) is 25.8. The molecular weight excluding hydrogens is 376 g/mol. The summed E-state index contributed by atoms with van der Waals surface area (Å²) >= 11 is 0. The zero-order valence-corrected chi connectivity index (χ0v) is 17.7. The van der Waals surface area contributed by atoms with Crippen LogP contribution in [0.15, 0.2) is 30.7 Å². The van der Waals surface area contributed by atoms with E-state index in [9.17, 15) is 0 Å². The van der Waals surface area contributed by atoms with Crippen molar-refractivity contribution in [3.8, 4) is 0 Å². The molecule has 4 heterocycles. The molecule has 2 fully saturated rings. The van der Waals surface area contributed by atoms with E-state index in [0.717, 1.165) is 37.0 Å². The lowest BCUT2D eigenvalue weighted by Gasteiger charge is -2.41. The summed E-state index contributed by atoms with van der Waals surface area (Å²) in [6.07, 6.45) is 14.6. The van der Waals surface area contributed by atoms with Gasteiger partial charge in [0.15, 0.2) is 0 Å². The van der Waals surface area contributed by atoms with Crippen LogP contribution in [0.25, 0.3) is 21.9 Å². The van der Waals surface area contributed by atoms with Crippen molar-refractivity contribution in [2.75, 3.05) is 33.4 Å². The molecule has 3 unspecified atom stereocenters. The average molecular weight is 408 g/mol. The zero-order valence-electron chi connectivity index (χ0n) is 17.7. The van der Waals surface area contributed by atoms with E-state index < -0.39 is 0 Å². The summed E-state index contributed by atoms with van der Waals surface area (Å²) in [6, 6.07) is 4.71. The number of fused-ring (bicyclic) bond motifs is 3. The number of nitrogens with zero attached hydrogens (tertiary/aromatic N) is 3. The molecule has 0 spiro atoms. The van der Waals surface area contributed by atoms with Crippen molar-refractivity contribution >= 4 is 21.9 Å². The van der Waals surface area contributed by atoms with E-state index in [2.05, 4.69) is 38.5 Å². The summed E-state index contributed by atoms with van der Waals surface area (Å²) in [4.78, 5) is 15.2. The van der Waals surface area contributed by atoms with Gasteiger partial charge in [-0.15, -0.1) is 0 Å². The summed E-state index contributed by atoms with van der Waals surface area (Å²) in [6.45, 7) is 3.56. The molecule has 6 nitrogen and oxygen atoms in total. The van der Waals surface area contributed by atoms with Crippen LogP contribution in [-0.4, -0.2) is 65.4 Å². The van der Waals surface area contributed by atoms with Crippen molar-refractivity contribution in [3.63, 3.8) is 0 Å². The highest BCUT2D eigenvalue weighted by Gasteiger charge is 2.32. The largest absolute Gasteiger partial charge is 0.382 e. The van der Waals surface area contributed by atoms with Gasteiger partial charge in [0.2, 0.25) is 0 Å². The SMILES string of the molecule is COCCOC1CCCN(C2[CH]CCC(c3c[nH]c4ncc5ncccc5c34)C2)C1. The van der Waals surface area contributed by atoms with Gasteiger partial charge in [0, 0.05) is 42.9 Å². The van der Waals surface area contributed by atoms with Gasteiger partial charge in [-0.25, -0.2) is 4.98 Å². The first-order valence-electron chi connectivity index (χ1n) is 11.2. The number of nitrogens with one attached hydrogen (secondary N) is 1. The Labute approximate surface area is 178 Å². The topological polar surface area (TPSA) is 63.3 Å². The number of ether oxygens (including phenoxy) is 2. The Kier molecular flexibility index (Phi) is 5.97. The lowest BCUT2D eigenvalue weighted by Crippen LogP contribution is -2.47. The van der Waals surface area contributed by atoms with Gasteiger partial charge in [0.1, 0.15) is 5.65 Å². The van der Waals surface area contributed by atoms with Gasteiger partial charge in [-0.1, -0.05) is 6.07 Å². The molecule has 0 bridgehead atoms. The van der Waals surface area contributed by atoms with Crippen LogP contribution in [0.2, 0.25) is 0 Å². The van der Waals surface area contributed by atoms with E-state index in [4.69, 9.17) is 9.47 Å². The molecular formula is C24H31N4O2. The Bertz CT molecular complexity index is 988. The predicted molar refractivity (Wildman–Crippen MR) is 118 cm³/mol. The first-order chi connectivity index (χ1) is 14.8. The maximum atomic E-state index is 6.05. The third kappa shape index (κ3) is 3.96. The van der Waals surface area contributed by atoms with Crippen LogP contribution < -0.4 is 0 Å². The standard InChI is InChI=1S/C24H31N4O2/c1-29-11-12-30-19-7-4-10-28(16-19)18-6-2-5-17(13-18)21-14-26-24-23(21)20-8-3-9-25-22(20)15-27-24/h3,6,8-9,14-15,17-19H,2,4-5,7,10-13,16H2,1H3,(H,26,27). The summed E-state index contributed by atoms with van der Waals surface area (Å²) in [5.74, 6) is 0.538. The molecule has 1 N–H and O–H groups in total. The van der Waals surface area contributed by atoms with Crippen molar-refractivity contribution in [1.29, 1.82) is 0 Å². The van der Waals surface area contributed by atoms with E-state index in [1.54, 1.807) is 7.11 Å². The number of likely N-dealkylation sites (tertiary alicyclic amines) is 1. The number of pyridine rings is 2. The predicted octanol–water partition coefficient (Wildman–Crippen LogP) is 4.08. The smallest absolute Gasteiger partial charge is 0.138 e. The molecule has 1 saturated carbocycles. The number of aromatic amines is 1. The summed E-state index contributed by atoms with van der Waals surface area (Å²) in [5.41, 5.74) is 3.34. The maximum absolute atomic E-state index is 6.05. The third-order valence-electron chi connectivity index (χ3n) is 6.75. The average Bonchev–Trinajstić information content (AvgIpc) is 3.24. The Morgan fingerprint density at radius 2 is 2.20 bits per heavy atom. The quantitative estimate of drug-likeness (QED) is 0.624. The lowest BCUT2D eigenvalue weighted by atomic mass is 9.80. The van der Waals surface area contributed by atoms with E-state index >= 15 is 0 Å². The van der Waals surface area contributed by atoms with Gasteiger partial charge in [-0.3, -0.25) is 9.88 Å². The number of hydrogen-bond donors (Lipinski definition) is 1. The van der Waals surface area contributed by atoms with Gasteiger partial charge in [-0.2, -0.15) is 0 Å². The van der Waals surface area contributed by atoms with Crippen LogP contribution in [0.5, 0.6) is 0 Å². The van der Waals surface area contributed by atoms with Gasteiger partial charge in [0.05, 0.1) is 31.0 Å². The molecule has 0 amide bonds. The number of rotatable bonds is 6. The van der Waals surface area contributed by atoms with E-state index in [1.165, 1.54) is 35.7 Å². The molecule has 1 aliphatic carbocycles. The second-order valence-electron chi connectivity index (χ2n) is 8.60. The number of methoxy groups -OCH3 is 1. The fraction of sp³-hybridized carbons (Fsp3) is 0.542. The molecule has 3 aromatic heterocycles. The summed E-state index contributed by atoms with van der Waals surface area (Å²) in [7, 11) is 1.73. The fourth-order valence-electron chi connectivity index (χ4n) is 5.27. The van der Waals surface area contributed by atoms with E-state index in [-0.39, 0.29) is 0 Å². The Morgan fingerprint density at radius 1 is 1.23 bits per heavy atom. The molecule has 159 valence electrons. The molecule has 0 aromatic carbocycles. The summed E-state index contributed by atoms with van der Waals surface area (Å²) in [5, 5.41) is 2.46. The highest BCUT2D eigenvalue weighted by molar-refractivity contribution is 6.05. The van der Waals surface area contributed by atoms with Crippen molar-refractivity contribution in [1.82, 2.24) is 19.9 Å². The van der Waals surface area contributed by atoms with Crippen LogP contribution in [0.3, 0.4) is 0 Å². The minimum atomic E-state index is 0.329. The lowest BCUT2D eigenvalue weighted by molar-refractivity contribution is -0.0296. The van der Waals surface area contributed by atoms with Gasteiger partial charge in [-0.05, 0) is 62.6 Å². The molecule has 5 rings (SSSR count). The molecule has 3 aromatic rings. The van der Waals surface area contributed by atoms with Crippen molar-refractivity contribution in [2.45, 2.75) is 50.2 Å². The Balaban J connectivity index is 1.34. The molecule has 1 radical (unpaired) electrons. The van der Waals surface area contributed by atoms with Crippen LogP contribution >= 0.6 is 0 Å². The van der Waals surface area contributed by atoms with Gasteiger partial charge < -0.3 is 14.5 Å². The van der Waals surface area contributed by atoms with Crippen molar-refractivity contribution in [3.05, 3.63) is 42.7 Å². The molecule has 2 aliphatic rings. The van der Waals surface area contributed by atoms with E-state index in [1.807, 2.05) is 18.5 Å². The highest BCUT2D eigenvalue weighted by atomic mass is 16.5. The van der Waals surface area contributed by atoms with Gasteiger partial charge >= 0.3 is 0 Å². The van der Waals surface area contributed by atoms with Crippen LogP contribution in [0.1, 0.15) is 43.6 Å². The van der Waals surface area contributed by atoms with Gasteiger partial charge in [0.25, 0.3) is 0 Å². The Hall–Kier alpha value is -2.02. The first-order valence-corrected chi connectivity index (χ1v) is 11.2. The van der Waals surface area contributed by atoms with Crippen molar-refractivity contribution in [2.24, 2.45) is 0 Å². The third-order valence-corrected chi connectivity index (χ3v) is 6.75. The minimum Gasteiger partial charge on any atom is -0.382 e. The monoisotopic (exact) mass is 407 g/mol. The highest BCUT2D eigenvalue weighted by Crippen LogP contribution is 2.40. The minimum absolute atomic E-state index is 0.329.